The van der Waals surface area contributed by atoms with Crippen molar-refractivity contribution < 1.29 is 0 Å². The molecular formula is C18H18ClN3. The van der Waals surface area contributed by atoms with Crippen LogP contribution >= 0.6 is 11.6 Å². The van der Waals surface area contributed by atoms with Crippen molar-refractivity contribution in [1.29, 1.82) is 5.26 Å². The molecular weight excluding hydrogens is 294 g/mol. The fraction of sp³-hybridized carbons (Fsp3) is 0.333. The molecule has 0 spiro atoms. The van der Waals surface area contributed by atoms with Crippen LogP contribution in [0.2, 0.25) is 5.02 Å². The van der Waals surface area contributed by atoms with Gasteiger partial charge in [-0.1, -0.05) is 41.9 Å². The lowest BCUT2D eigenvalue weighted by molar-refractivity contribution is 0.504. The average molecular weight is 312 g/mol. The van der Waals surface area contributed by atoms with Gasteiger partial charge in [0.1, 0.15) is 6.07 Å². The van der Waals surface area contributed by atoms with E-state index in [4.69, 9.17) is 16.9 Å². The van der Waals surface area contributed by atoms with Crippen LogP contribution in [0.3, 0.4) is 0 Å². The number of hydrogen-bond donors (Lipinski definition) is 0. The summed E-state index contributed by atoms with van der Waals surface area (Å²) in [4.78, 5) is 6.50. The molecule has 0 radical (unpaired) electrons. The minimum absolute atomic E-state index is 0.307. The summed E-state index contributed by atoms with van der Waals surface area (Å²) in [6.07, 6.45) is 4.03. The minimum atomic E-state index is 0.307. The summed E-state index contributed by atoms with van der Waals surface area (Å²) < 4.78 is 0. The molecule has 1 aliphatic rings. The third-order valence-electron chi connectivity index (χ3n) is 4.45. The maximum atomic E-state index is 8.99. The molecule has 0 unspecified atom stereocenters. The van der Waals surface area contributed by atoms with Crippen LogP contribution in [-0.4, -0.2) is 18.1 Å². The van der Waals surface area contributed by atoms with Crippen molar-refractivity contribution in [3.8, 4) is 6.07 Å². The van der Waals surface area contributed by atoms with Crippen LogP contribution < -0.4 is 4.90 Å². The Kier molecular flexibility index (Phi) is 4.31. The SMILES string of the molecule is Cc1c(N2CCC(c3ccccc3)CC2)cnc(C#N)c1Cl. The summed E-state index contributed by atoms with van der Waals surface area (Å²) in [5.41, 5.74) is 3.74. The Bertz CT molecular complexity index is 698. The summed E-state index contributed by atoms with van der Waals surface area (Å²) >= 11 is 6.23. The van der Waals surface area contributed by atoms with Crippen LogP contribution in [-0.2, 0) is 0 Å². The summed E-state index contributed by atoms with van der Waals surface area (Å²) in [6, 6.07) is 12.7. The largest absolute Gasteiger partial charge is 0.370 e. The van der Waals surface area contributed by atoms with E-state index in [0.717, 1.165) is 37.2 Å². The number of hydrogen-bond acceptors (Lipinski definition) is 3. The lowest BCUT2D eigenvalue weighted by Gasteiger charge is -2.34. The Morgan fingerprint density at radius 1 is 1.23 bits per heavy atom. The van der Waals surface area contributed by atoms with E-state index in [0.29, 0.717) is 16.6 Å². The number of benzene rings is 1. The fourth-order valence-corrected chi connectivity index (χ4v) is 3.33. The molecule has 1 fully saturated rings. The molecule has 3 nitrogen and oxygen atoms in total. The van der Waals surface area contributed by atoms with E-state index < -0.39 is 0 Å². The molecule has 0 atom stereocenters. The highest BCUT2D eigenvalue weighted by Crippen LogP contribution is 2.33. The topological polar surface area (TPSA) is 39.9 Å². The smallest absolute Gasteiger partial charge is 0.159 e. The quantitative estimate of drug-likeness (QED) is 0.830. The molecule has 2 aromatic rings. The van der Waals surface area contributed by atoms with Crippen molar-refractivity contribution in [3.63, 3.8) is 0 Å². The molecule has 0 N–H and O–H groups in total. The van der Waals surface area contributed by atoms with Crippen LogP contribution in [0.25, 0.3) is 0 Å². The van der Waals surface area contributed by atoms with Crippen LogP contribution in [0.1, 0.15) is 35.6 Å². The van der Waals surface area contributed by atoms with E-state index in [1.165, 1.54) is 5.56 Å². The van der Waals surface area contributed by atoms with E-state index in [9.17, 15) is 0 Å². The molecule has 0 aliphatic carbocycles. The minimum Gasteiger partial charge on any atom is -0.370 e. The number of piperidine rings is 1. The van der Waals surface area contributed by atoms with Crippen molar-refractivity contribution in [3.05, 3.63) is 58.4 Å². The molecule has 0 amide bonds. The lowest BCUT2D eigenvalue weighted by Crippen LogP contribution is -2.33. The van der Waals surface area contributed by atoms with Gasteiger partial charge in [-0.05, 0) is 36.8 Å². The monoisotopic (exact) mass is 311 g/mol. The molecule has 1 aromatic heterocycles. The third-order valence-corrected chi connectivity index (χ3v) is 4.91. The second-order valence-electron chi connectivity index (χ2n) is 5.71. The first-order chi connectivity index (χ1) is 10.7. The lowest BCUT2D eigenvalue weighted by atomic mass is 9.89. The highest BCUT2D eigenvalue weighted by atomic mass is 35.5. The molecule has 112 valence electrons. The highest BCUT2D eigenvalue weighted by Gasteiger charge is 2.23. The van der Waals surface area contributed by atoms with Crippen molar-refractivity contribution in [2.75, 3.05) is 18.0 Å². The van der Waals surface area contributed by atoms with Gasteiger partial charge in [0, 0.05) is 13.1 Å². The molecule has 4 heteroatoms. The first kappa shape index (κ1) is 14.9. The van der Waals surface area contributed by atoms with Gasteiger partial charge in [0.05, 0.1) is 16.9 Å². The summed E-state index contributed by atoms with van der Waals surface area (Å²) in [7, 11) is 0. The van der Waals surface area contributed by atoms with E-state index >= 15 is 0 Å². The van der Waals surface area contributed by atoms with Gasteiger partial charge >= 0.3 is 0 Å². The Labute approximate surface area is 136 Å². The predicted molar refractivity (Wildman–Crippen MR) is 89.3 cm³/mol. The molecule has 1 saturated heterocycles. The summed E-state index contributed by atoms with van der Waals surface area (Å²) in [5.74, 6) is 0.625. The Morgan fingerprint density at radius 3 is 2.55 bits per heavy atom. The van der Waals surface area contributed by atoms with Gasteiger partial charge in [-0.2, -0.15) is 5.26 Å². The van der Waals surface area contributed by atoms with E-state index in [-0.39, 0.29) is 0 Å². The standard InChI is InChI=1S/C18H18ClN3/c1-13-17(12-21-16(11-20)18(13)19)22-9-7-15(8-10-22)14-5-3-2-4-6-14/h2-6,12,15H,7-10H2,1H3. The van der Waals surface area contributed by atoms with Gasteiger partial charge in [0.25, 0.3) is 0 Å². The molecule has 0 saturated carbocycles. The van der Waals surface area contributed by atoms with Crippen LogP contribution in [0.5, 0.6) is 0 Å². The molecule has 22 heavy (non-hydrogen) atoms. The molecule has 1 aromatic carbocycles. The van der Waals surface area contributed by atoms with Crippen molar-refractivity contribution in [2.45, 2.75) is 25.7 Å². The first-order valence-electron chi connectivity index (χ1n) is 7.55. The van der Waals surface area contributed by atoms with Gasteiger partial charge in [-0.25, -0.2) is 4.98 Å². The number of rotatable bonds is 2. The summed E-state index contributed by atoms with van der Waals surface area (Å²) in [5, 5.41) is 9.47. The molecule has 0 bridgehead atoms. The first-order valence-corrected chi connectivity index (χ1v) is 7.93. The molecule has 1 aliphatic heterocycles. The van der Waals surface area contributed by atoms with Crippen LogP contribution in [0.4, 0.5) is 5.69 Å². The van der Waals surface area contributed by atoms with E-state index in [1.54, 1.807) is 6.20 Å². The second kappa shape index (κ2) is 6.37. The second-order valence-corrected chi connectivity index (χ2v) is 6.09. The van der Waals surface area contributed by atoms with E-state index in [1.807, 2.05) is 13.0 Å². The van der Waals surface area contributed by atoms with Crippen molar-refractivity contribution in [2.24, 2.45) is 0 Å². The highest BCUT2D eigenvalue weighted by molar-refractivity contribution is 6.32. The predicted octanol–water partition coefficient (Wildman–Crippen LogP) is 4.30. The number of halogens is 1. The van der Waals surface area contributed by atoms with Gasteiger partial charge < -0.3 is 4.90 Å². The summed E-state index contributed by atoms with van der Waals surface area (Å²) in [6.45, 7) is 3.94. The fourth-order valence-electron chi connectivity index (χ4n) is 3.14. The normalized spacial score (nSPS) is 15.6. The third kappa shape index (κ3) is 2.80. The Balaban J connectivity index is 1.75. The number of nitriles is 1. The molecule has 3 rings (SSSR count). The van der Waals surface area contributed by atoms with Gasteiger partial charge in [-0.15, -0.1) is 0 Å². The zero-order valence-corrected chi connectivity index (χ0v) is 13.3. The van der Waals surface area contributed by atoms with Crippen molar-refractivity contribution in [1.82, 2.24) is 4.98 Å². The average Bonchev–Trinajstić information content (AvgIpc) is 2.58. The zero-order valence-electron chi connectivity index (χ0n) is 12.6. The van der Waals surface area contributed by atoms with Crippen LogP contribution in [0, 0.1) is 18.3 Å². The molecule has 2 heterocycles. The van der Waals surface area contributed by atoms with Crippen LogP contribution in [0.15, 0.2) is 36.5 Å². The number of pyridine rings is 1. The Hall–Kier alpha value is -2.05. The zero-order chi connectivity index (χ0) is 15.5. The van der Waals surface area contributed by atoms with Gasteiger partial charge in [0.15, 0.2) is 5.69 Å². The number of anilines is 1. The number of aromatic nitrogens is 1. The Morgan fingerprint density at radius 2 is 1.91 bits per heavy atom. The van der Waals surface area contributed by atoms with Crippen molar-refractivity contribution >= 4 is 17.3 Å². The maximum Gasteiger partial charge on any atom is 0.159 e. The van der Waals surface area contributed by atoms with Gasteiger partial charge in [-0.3, -0.25) is 0 Å². The van der Waals surface area contributed by atoms with E-state index in [2.05, 4.69) is 40.2 Å². The maximum absolute atomic E-state index is 8.99. The van der Waals surface area contributed by atoms with Gasteiger partial charge in [0.2, 0.25) is 0 Å². The number of nitrogens with zero attached hydrogens (tertiary/aromatic N) is 3.